The third-order valence-corrected chi connectivity index (χ3v) is 5.37. The average Bonchev–Trinajstić information content (AvgIpc) is 2.63. The van der Waals surface area contributed by atoms with E-state index in [1.165, 1.54) is 0 Å². The Hall–Kier alpha value is -1.91. The fourth-order valence-corrected chi connectivity index (χ4v) is 3.84. The number of hydrogen-bond acceptors (Lipinski definition) is 7. The van der Waals surface area contributed by atoms with Crippen molar-refractivity contribution in [3.8, 4) is 6.07 Å². The molecule has 0 amide bonds. The Morgan fingerprint density at radius 1 is 1.08 bits per heavy atom. The quantitative estimate of drug-likeness (QED) is 0.647. The first kappa shape index (κ1) is 17.9. The van der Waals surface area contributed by atoms with Gasteiger partial charge in [0.05, 0.1) is 12.3 Å². The maximum Gasteiger partial charge on any atom is 0.224 e. The molecule has 0 spiro atoms. The first-order valence-corrected chi connectivity index (χ1v) is 9.33. The molecule has 4 N–H and O–H groups in total. The molecule has 0 aliphatic heterocycles. The summed E-state index contributed by atoms with van der Waals surface area (Å²) < 4.78 is 0. The summed E-state index contributed by atoms with van der Waals surface area (Å²) in [5.74, 6) is 1.15. The molecule has 1 heterocycles. The van der Waals surface area contributed by atoms with Crippen LogP contribution in [0.1, 0.15) is 56.9 Å². The Morgan fingerprint density at radius 2 is 1.84 bits per heavy atom. The van der Waals surface area contributed by atoms with Crippen molar-refractivity contribution in [2.75, 3.05) is 17.7 Å². The second kappa shape index (κ2) is 8.45. The van der Waals surface area contributed by atoms with E-state index in [2.05, 4.69) is 32.0 Å². The fraction of sp³-hybridized carbons (Fsp3) is 0.722. The van der Waals surface area contributed by atoms with Gasteiger partial charge in [0.2, 0.25) is 5.95 Å². The summed E-state index contributed by atoms with van der Waals surface area (Å²) in [6.07, 6.45) is 9.33. The Kier molecular flexibility index (Phi) is 6.05. The summed E-state index contributed by atoms with van der Waals surface area (Å²) in [5.41, 5.74) is 0.449. The maximum atomic E-state index is 9.84. The summed E-state index contributed by atoms with van der Waals surface area (Å²) >= 11 is 0. The number of nitriles is 1. The number of nitrogens with one attached hydrogen (secondary N) is 3. The number of nitrogens with zero attached hydrogens (tertiary/aromatic N) is 3. The lowest BCUT2D eigenvalue weighted by atomic mass is 9.91. The molecule has 2 aliphatic carbocycles. The van der Waals surface area contributed by atoms with Crippen LogP contribution < -0.4 is 16.0 Å². The lowest BCUT2D eigenvalue weighted by molar-refractivity contribution is 0.124. The third kappa shape index (κ3) is 4.80. The molecule has 2 aliphatic rings. The minimum Gasteiger partial charge on any atom is -0.393 e. The predicted octanol–water partition coefficient (Wildman–Crippen LogP) is 2.01. The summed E-state index contributed by atoms with van der Waals surface area (Å²) in [6.45, 7) is 0. The van der Waals surface area contributed by atoms with E-state index in [0.29, 0.717) is 35.8 Å². The zero-order valence-electron chi connectivity index (χ0n) is 14.8. The van der Waals surface area contributed by atoms with Crippen LogP contribution >= 0.6 is 0 Å². The monoisotopic (exact) mass is 344 g/mol. The van der Waals surface area contributed by atoms with Gasteiger partial charge in [0.25, 0.3) is 0 Å². The molecule has 136 valence electrons. The van der Waals surface area contributed by atoms with Gasteiger partial charge in [0.1, 0.15) is 17.5 Å². The molecule has 2 atom stereocenters. The molecule has 0 bridgehead atoms. The molecule has 0 saturated heterocycles. The van der Waals surface area contributed by atoms with Crippen molar-refractivity contribution in [1.82, 2.24) is 15.3 Å². The van der Waals surface area contributed by atoms with E-state index >= 15 is 0 Å². The number of aliphatic hydroxyl groups excluding tert-OH is 1. The van der Waals surface area contributed by atoms with Crippen LogP contribution in [0.25, 0.3) is 0 Å². The largest absolute Gasteiger partial charge is 0.393 e. The van der Waals surface area contributed by atoms with Gasteiger partial charge in [-0.1, -0.05) is 0 Å². The van der Waals surface area contributed by atoms with Crippen molar-refractivity contribution < 1.29 is 5.11 Å². The highest BCUT2D eigenvalue weighted by atomic mass is 16.3. The fourth-order valence-electron chi connectivity index (χ4n) is 3.84. The van der Waals surface area contributed by atoms with Crippen molar-refractivity contribution in [2.45, 2.75) is 75.6 Å². The first-order chi connectivity index (χ1) is 12.2. The van der Waals surface area contributed by atoms with Crippen molar-refractivity contribution in [3.63, 3.8) is 0 Å². The van der Waals surface area contributed by atoms with Crippen LogP contribution in [0.4, 0.5) is 11.8 Å². The Balaban J connectivity index is 1.64. The number of aromatic nitrogens is 2. The number of anilines is 2. The summed E-state index contributed by atoms with van der Waals surface area (Å²) in [7, 11) is 2.02. The van der Waals surface area contributed by atoms with E-state index in [4.69, 9.17) is 0 Å². The lowest BCUT2D eigenvalue weighted by Crippen LogP contribution is -2.35. The van der Waals surface area contributed by atoms with Gasteiger partial charge < -0.3 is 21.1 Å². The van der Waals surface area contributed by atoms with Crippen LogP contribution in [0.2, 0.25) is 0 Å². The van der Waals surface area contributed by atoms with Gasteiger partial charge in [-0.2, -0.15) is 10.2 Å². The van der Waals surface area contributed by atoms with Gasteiger partial charge >= 0.3 is 0 Å². The van der Waals surface area contributed by atoms with Gasteiger partial charge in [0.15, 0.2) is 0 Å². The first-order valence-electron chi connectivity index (χ1n) is 9.33. The number of aliphatic hydroxyl groups is 1. The molecular formula is C18H28N6O. The van der Waals surface area contributed by atoms with Crippen molar-refractivity contribution in [2.24, 2.45) is 0 Å². The molecule has 25 heavy (non-hydrogen) atoms. The van der Waals surface area contributed by atoms with Gasteiger partial charge in [-0.25, -0.2) is 4.98 Å². The highest BCUT2D eigenvalue weighted by Gasteiger charge is 2.23. The minimum atomic E-state index is -0.265. The zero-order valence-corrected chi connectivity index (χ0v) is 14.8. The van der Waals surface area contributed by atoms with Gasteiger partial charge in [-0.05, 0) is 58.4 Å². The van der Waals surface area contributed by atoms with Crippen molar-refractivity contribution in [3.05, 3.63) is 11.8 Å². The highest BCUT2D eigenvalue weighted by molar-refractivity contribution is 5.54. The molecule has 1 aromatic rings. The zero-order chi connectivity index (χ0) is 17.6. The van der Waals surface area contributed by atoms with Gasteiger partial charge in [-0.15, -0.1) is 0 Å². The van der Waals surface area contributed by atoms with E-state index in [9.17, 15) is 10.4 Å². The van der Waals surface area contributed by atoms with Crippen LogP contribution in [-0.4, -0.2) is 46.4 Å². The van der Waals surface area contributed by atoms with Gasteiger partial charge in [0, 0.05) is 18.1 Å². The molecule has 2 saturated carbocycles. The van der Waals surface area contributed by atoms with Gasteiger partial charge in [-0.3, -0.25) is 0 Å². The molecule has 1 aromatic heterocycles. The number of rotatable bonds is 5. The summed E-state index contributed by atoms with van der Waals surface area (Å²) in [4.78, 5) is 8.84. The topological polar surface area (TPSA) is 106 Å². The van der Waals surface area contributed by atoms with E-state index in [-0.39, 0.29) is 12.1 Å². The molecule has 3 rings (SSSR count). The summed E-state index contributed by atoms with van der Waals surface area (Å²) in [5, 5.41) is 29.3. The lowest BCUT2D eigenvalue weighted by Gasteiger charge is -2.29. The Labute approximate surface area is 149 Å². The van der Waals surface area contributed by atoms with E-state index in [0.717, 1.165) is 44.9 Å². The van der Waals surface area contributed by atoms with E-state index in [1.54, 1.807) is 6.20 Å². The second-order valence-electron chi connectivity index (χ2n) is 7.21. The van der Waals surface area contributed by atoms with Crippen molar-refractivity contribution >= 4 is 11.8 Å². The van der Waals surface area contributed by atoms with Crippen LogP contribution in [0.5, 0.6) is 0 Å². The molecule has 0 unspecified atom stereocenters. The molecule has 0 radical (unpaired) electrons. The molecule has 0 aromatic carbocycles. The third-order valence-electron chi connectivity index (χ3n) is 5.37. The van der Waals surface area contributed by atoms with Crippen molar-refractivity contribution in [1.29, 1.82) is 5.26 Å². The molecular weight excluding hydrogens is 316 g/mol. The van der Waals surface area contributed by atoms with E-state index in [1.807, 2.05) is 7.05 Å². The van der Waals surface area contributed by atoms with Crippen LogP contribution in [0.3, 0.4) is 0 Å². The minimum absolute atomic E-state index is 0.157. The molecule has 7 heteroatoms. The standard InChI is InChI=1S/C18H28N6O/c1-20-13-5-7-14(8-6-13)23-18-21-11-12(10-19)17(24-18)22-15-3-2-4-16(25)9-15/h11,13-16,20,25H,2-9H2,1H3,(H2,21,22,23,24)/t13-,14-,15-,16+/m1/s1. The Morgan fingerprint density at radius 3 is 2.52 bits per heavy atom. The van der Waals surface area contributed by atoms with Crippen LogP contribution in [0.15, 0.2) is 6.20 Å². The molecule has 2 fully saturated rings. The maximum absolute atomic E-state index is 9.84. The normalized spacial score (nSPS) is 29.6. The SMILES string of the molecule is CN[C@H]1CC[C@H](Nc2ncc(C#N)c(N[C@@H]3CCC[C@H](O)C3)n2)CC1. The highest BCUT2D eigenvalue weighted by Crippen LogP contribution is 2.25. The number of hydrogen-bond donors (Lipinski definition) is 4. The Bertz CT molecular complexity index is 608. The average molecular weight is 344 g/mol. The van der Waals surface area contributed by atoms with Crippen LogP contribution in [-0.2, 0) is 0 Å². The smallest absolute Gasteiger partial charge is 0.224 e. The van der Waals surface area contributed by atoms with E-state index < -0.39 is 0 Å². The predicted molar refractivity (Wildman–Crippen MR) is 97.4 cm³/mol. The second-order valence-corrected chi connectivity index (χ2v) is 7.21. The molecule has 7 nitrogen and oxygen atoms in total. The van der Waals surface area contributed by atoms with Crippen LogP contribution in [0, 0.1) is 11.3 Å². The summed E-state index contributed by atoms with van der Waals surface area (Å²) in [6, 6.07) is 3.29.